The topological polar surface area (TPSA) is 32.5 Å². The molecule has 1 aromatic rings. The molecular formula is C21H35N3. The van der Waals surface area contributed by atoms with Crippen molar-refractivity contribution >= 4 is 11.4 Å². The molecule has 0 bridgehead atoms. The van der Waals surface area contributed by atoms with Gasteiger partial charge in [-0.1, -0.05) is 25.8 Å². The van der Waals surface area contributed by atoms with E-state index in [1.165, 1.54) is 75.8 Å². The van der Waals surface area contributed by atoms with Crippen LogP contribution in [0.15, 0.2) is 18.2 Å². The number of benzene rings is 1. The lowest BCUT2D eigenvalue weighted by atomic mass is 9.98. The molecular weight excluding hydrogens is 294 g/mol. The van der Waals surface area contributed by atoms with E-state index in [4.69, 9.17) is 5.73 Å². The smallest absolute Gasteiger partial charge is 0.0600 e. The zero-order valence-corrected chi connectivity index (χ0v) is 15.5. The summed E-state index contributed by atoms with van der Waals surface area (Å²) >= 11 is 0. The minimum atomic E-state index is 0.862. The fourth-order valence-corrected chi connectivity index (χ4v) is 4.16. The van der Waals surface area contributed by atoms with Crippen molar-refractivity contribution in [2.45, 2.75) is 58.3 Å². The average Bonchev–Trinajstić information content (AvgIpc) is 2.85. The number of piperidine rings is 1. The van der Waals surface area contributed by atoms with Gasteiger partial charge in [0, 0.05) is 13.1 Å². The Morgan fingerprint density at radius 2 is 1.71 bits per heavy atom. The Morgan fingerprint density at radius 3 is 2.38 bits per heavy atom. The average molecular weight is 330 g/mol. The van der Waals surface area contributed by atoms with Gasteiger partial charge in [0.2, 0.25) is 0 Å². The van der Waals surface area contributed by atoms with Crippen LogP contribution >= 0.6 is 0 Å². The Bertz CT molecular complexity index is 498. The summed E-state index contributed by atoms with van der Waals surface area (Å²) in [7, 11) is 0. The van der Waals surface area contributed by atoms with Crippen LogP contribution in [0.25, 0.3) is 0 Å². The maximum Gasteiger partial charge on any atom is 0.0600 e. The molecule has 0 atom stereocenters. The minimum absolute atomic E-state index is 0.862. The van der Waals surface area contributed by atoms with Crippen LogP contribution in [-0.4, -0.2) is 37.6 Å². The highest BCUT2D eigenvalue weighted by atomic mass is 15.1. The van der Waals surface area contributed by atoms with E-state index in [0.29, 0.717) is 0 Å². The zero-order chi connectivity index (χ0) is 16.8. The molecule has 2 saturated heterocycles. The monoisotopic (exact) mass is 329 g/mol. The van der Waals surface area contributed by atoms with E-state index < -0.39 is 0 Å². The van der Waals surface area contributed by atoms with Crippen molar-refractivity contribution < 1.29 is 0 Å². The maximum atomic E-state index is 6.37. The summed E-state index contributed by atoms with van der Waals surface area (Å²) in [5.41, 5.74) is 9.99. The quantitative estimate of drug-likeness (QED) is 0.817. The van der Waals surface area contributed by atoms with E-state index in [1.54, 1.807) is 0 Å². The molecule has 2 aliphatic heterocycles. The van der Waals surface area contributed by atoms with Crippen molar-refractivity contribution in [3.63, 3.8) is 0 Å². The molecule has 2 heterocycles. The van der Waals surface area contributed by atoms with Crippen LogP contribution in [-0.2, 0) is 6.42 Å². The van der Waals surface area contributed by atoms with Gasteiger partial charge in [-0.2, -0.15) is 0 Å². The number of aryl methyl sites for hydroxylation is 1. The standard InChI is InChI=1S/C21H35N3/c1-18-10-15-24(16-11-18)21-9-8-19(17-20(21)22)7-6-14-23-12-4-2-3-5-13-23/h8-9,17-18H,2-7,10-16,22H2,1H3. The van der Waals surface area contributed by atoms with E-state index in [9.17, 15) is 0 Å². The summed E-state index contributed by atoms with van der Waals surface area (Å²) in [5, 5.41) is 0. The first-order valence-electron chi connectivity index (χ1n) is 10.1. The van der Waals surface area contributed by atoms with Gasteiger partial charge in [0.15, 0.2) is 0 Å². The molecule has 0 amide bonds. The van der Waals surface area contributed by atoms with Crippen molar-refractivity contribution in [2.75, 3.05) is 43.4 Å². The minimum Gasteiger partial charge on any atom is -0.397 e. The molecule has 0 unspecified atom stereocenters. The van der Waals surface area contributed by atoms with Crippen molar-refractivity contribution in [2.24, 2.45) is 5.92 Å². The van der Waals surface area contributed by atoms with Crippen LogP contribution in [0.4, 0.5) is 11.4 Å². The molecule has 24 heavy (non-hydrogen) atoms. The van der Waals surface area contributed by atoms with Gasteiger partial charge in [0.05, 0.1) is 11.4 Å². The van der Waals surface area contributed by atoms with Crippen LogP contribution in [0.1, 0.15) is 57.4 Å². The van der Waals surface area contributed by atoms with Crippen LogP contribution in [0, 0.1) is 5.92 Å². The van der Waals surface area contributed by atoms with Gasteiger partial charge in [-0.05, 0) is 81.8 Å². The van der Waals surface area contributed by atoms with Gasteiger partial charge in [-0.25, -0.2) is 0 Å². The first-order valence-corrected chi connectivity index (χ1v) is 10.1. The molecule has 2 N–H and O–H groups in total. The van der Waals surface area contributed by atoms with Crippen molar-refractivity contribution in [1.29, 1.82) is 0 Å². The lowest BCUT2D eigenvalue weighted by Gasteiger charge is -2.33. The molecule has 134 valence electrons. The number of likely N-dealkylation sites (tertiary alicyclic amines) is 1. The third kappa shape index (κ3) is 4.89. The Kier molecular flexibility index (Phi) is 6.42. The molecule has 0 radical (unpaired) electrons. The first kappa shape index (κ1) is 17.6. The van der Waals surface area contributed by atoms with Crippen LogP contribution in [0.5, 0.6) is 0 Å². The summed E-state index contributed by atoms with van der Waals surface area (Å²) in [6, 6.07) is 6.77. The van der Waals surface area contributed by atoms with Gasteiger partial charge in [0.25, 0.3) is 0 Å². The molecule has 1 aromatic carbocycles. The Labute approximate surface area is 148 Å². The number of nitrogen functional groups attached to an aromatic ring is 1. The van der Waals surface area contributed by atoms with Gasteiger partial charge < -0.3 is 15.5 Å². The molecule has 0 aliphatic carbocycles. The molecule has 0 saturated carbocycles. The molecule has 3 rings (SSSR count). The zero-order valence-electron chi connectivity index (χ0n) is 15.5. The van der Waals surface area contributed by atoms with Crippen LogP contribution < -0.4 is 10.6 Å². The molecule has 2 aliphatic rings. The second-order valence-electron chi connectivity index (χ2n) is 7.92. The fraction of sp³-hybridized carbons (Fsp3) is 0.714. The Hall–Kier alpha value is -1.22. The SMILES string of the molecule is CC1CCN(c2ccc(CCCN3CCCCCC3)cc2N)CC1. The number of anilines is 2. The normalized spacial score (nSPS) is 21.0. The van der Waals surface area contributed by atoms with Gasteiger partial charge in [-0.15, -0.1) is 0 Å². The summed E-state index contributed by atoms with van der Waals surface area (Å²) < 4.78 is 0. The molecule has 3 heteroatoms. The summed E-state index contributed by atoms with van der Waals surface area (Å²) in [6.07, 6.45) is 10.6. The number of hydrogen-bond donors (Lipinski definition) is 1. The number of nitrogens with two attached hydrogens (primary N) is 1. The highest BCUT2D eigenvalue weighted by Gasteiger charge is 2.17. The highest BCUT2D eigenvalue weighted by molar-refractivity contribution is 5.68. The fourth-order valence-electron chi connectivity index (χ4n) is 4.16. The predicted octanol–water partition coefficient (Wildman–Crippen LogP) is 4.31. The first-order chi connectivity index (χ1) is 11.7. The third-order valence-electron chi connectivity index (χ3n) is 5.85. The van der Waals surface area contributed by atoms with E-state index in [1.807, 2.05) is 0 Å². The number of hydrogen-bond acceptors (Lipinski definition) is 3. The summed E-state index contributed by atoms with van der Waals surface area (Å²) in [4.78, 5) is 5.12. The van der Waals surface area contributed by atoms with Crippen LogP contribution in [0.2, 0.25) is 0 Å². The maximum absolute atomic E-state index is 6.37. The molecule has 0 aromatic heterocycles. The molecule has 2 fully saturated rings. The Balaban J connectivity index is 1.49. The van der Waals surface area contributed by atoms with E-state index >= 15 is 0 Å². The molecule has 3 nitrogen and oxygen atoms in total. The van der Waals surface area contributed by atoms with Crippen molar-refractivity contribution in [3.8, 4) is 0 Å². The number of nitrogens with zero attached hydrogens (tertiary/aromatic N) is 2. The lowest BCUT2D eigenvalue weighted by molar-refractivity contribution is 0.281. The summed E-state index contributed by atoms with van der Waals surface area (Å²) in [6.45, 7) is 8.50. The second-order valence-corrected chi connectivity index (χ2v) is 7.92. The predicted molar refractivity (Wildman–Crippen MR) is 105 cm³/mol. The van der Waals surface area contributed by atoms with Crippen molar-refractivity contribution in [3.05, 3.63) is 23.8 Å². The van der Waals surface area contributed by atoms with E-state index in [0.717, 1.165) is 31.1 Å². The molecule has 0 spiro atoms. The van der Waals surface area contributed by atoms with Gasteiger partial charge >= 0.3 is 0 Å². The lowest BCUT2D eigenvalue weighted by Crippen LogP contribution is -2.33. The largest absolute Gasteiger partial charge is 0.397 e. The third-order valence-corrected chi connectivity index (χ3v) is 5.85. The van der Waals surface area contributed by atoms with Crippen molar-refractivity contribution in [1.82, 2.24) is 4.90 Å². The van der Waals surface area contributed by atoms with E-state index in [-0.39, 0.29) is 0 Å². The Morgan fingerprint density at radius 1 is 1.00 bits per heavy atom. The second kappa shape index (κ2) is 8.75. The van der Waals surface area contributed by atoms with E-state index in [2.05, 4.69) is 34.9 Å². The highest BCUT2D eigenvalue weighted by Crippen LogP contribution is 2.29. The number of rotatable bonds is 5. The van der Waals surface area contributed by atoms with Gasteiger partial charge in [0.1, 0.15) is 0 Å². The summed E-state index contributed by atoms with van der Waals surface area (Å²) in [5.74, 6) is 0.862. The van der Waals surface area contributed by atoms with Gasteiger partial charge in [-0.3, -0.25) is 0 Å². The van der Waals surface area contributed by atoms with Crippen LogP contribution in [0.3, 0.4) is 0 Å².